The van der Waals surface area contributed by atoms with Crippen molar-refractivity contribution in [1.29, 1.82) is 0 Å². The first-order valence-electron chi connectivity index (χ1n) is 8.69. The molecule has 1 heterocycles. The first-order valence-corrected chi connectivity index (χ1v) is 9.07. The first kappa shape index (κ1) is 17.4. The molecule has 0 atom stereocenters. The third-order valence-corrected chi connectivity index (χ3v) is 4.93. The summed E-state index contributed by atoms with van der Waals surface area (Å²) in [5.74, 6) is 0.713. The van der Waals surface area contributed by atoms with Gasteiger partial charge in [-0.3, -0.25) is 4.79 Å². The largest absolute Gasteiger partial charge is 0.487 e. The second kappa shape index (κ2) is 7.29. The van der Waals surface area contributed by atoms with E-state index in [-0.39, 0.29) is 5.78 Å². The Morgan fingerprint density at radius 3 is 2.33 bits per heavy atom. The Morgan fingerprint density at radius 1 is 0.926 bits per heavy atom. The summed E-state index contributed by atoms with van der Waals surface area (Å²) in [6.07, 6.45) is 0. The molecular weight excluding hydrogens is 358 g/mol. The number of hydrogen-bond acceptors (Lipinski definition) is 2. The van der Waals surface area contributed by atoms with E-state index in [1.165, 1.54) is 0 Å². The fourth-order valence-corrected chi connectivity index (χ4v) is 3.41. The van der Waals surface area contributed by atoms with Gasteiger partial charge in [-0.2, -0.15) is 0 Å². The summed E-state index contributed by atoms with van der Waals surface area (Å²) in [7, 11) is 1.96. The number of para-hydroxylation sites is 1. The molecule has 4 aromatic rings. The number of carbonyl (C=O) groups excluding carboxylic acids is 1. The Bertz CT molecular complexity index is 1100. The van der Waals surface area contributed by atoms with Crippen LogP contribution in [0.5, 0.6) is 5.75 Å². The van der Waals surface area contributed by atoms with Crippen LogP contribution in [0.4, 0.5) is 0 Å². The molecule has 0 unspecified atom stereocenters. The minimum Gasteiger partial charge on any atom is -0.487 e. The fourth-order valence-electron chi connectivity index (χ4n) is 3.28. The molecule has 0 aliphatic rings. The molecular formula is C23H18ClNO2. The number of hydrogen-bond donors (Lipinski definition) is 0. The number of fused-ring (bicyclic) bond motifs is 1. The molecule has 0 saturated carbocycles. The van der Waals surface area contributed by atoms with Gasteiger partial charge < -0.3 is 9.30 Å². The Morgan fingerprint density at radius 2 is 1.59 bits per heavy atom. The van der Waals surface area contributed by atoms with E-state index >= 15 is 0 Å². The number of nitrogens with zero attached hydrogens (tertiary/aromatic N) is 1. The maximum atomic E-state index is 13.3. The highest BCUT2D eigenvalue weighted by atomic mass is 35.5. The highest BCUT2D eigenvalue weighted by molar-refractivity contribution is 6.30. The van der Waals surface area contributed by atoms with Crippen LogP contribution in [0.3, 0.4) is 0 Å². The number of carbonyl (C=O) groups is 1. The summed E-state index contributed by atoms with van der Waals surface area (Å²) >= 11 is 5.94. The van der Waals surface area contributed by atoms with Gasteiger partial charge in [-0.05, 0) is 30.3 Å². The quantitative estimate of drug-likeness (QED) is 0.422. The Hall–Kier alpha value is -3.04. The molecule has 1 aromatic heterocycles. The molecule has 4 heteroatoms. The van der Waals surface area contributed by atoms with Crippen LogP contribution in [0, 0.1) is 0 Å². The summed E-state index contributed by atoms with van der Waals surface area (Å²) in [6, 6.07) is 24.5. The average molecular weight is 376 g/mol. The van der Waals surface area contributed by atoms with E-state index in [9.17, 15) is 4.79 Å². The van der Waals surface area contributed by atoms with Gasteiger partial charge in [-0.1, -0.05) is 60.1 Å². The SMILES string of the molecule is Cn1c(COc2ccc(Cl)cc2)c(C(=O)c2ccccc2)c2ccccc21. The molecule has 0 saturated heterocycles. The molecule has 0 aliphatic carbocycles. The highest BCUT2D eigenvalue weighted by Crippen LogP contribution is 2.29. The van der Waals surface area contributed by atoms with Crippen LogP contribution in [0.2, 0.25) is 5.02 Å². The highest BCUT2D eigenvalue weighted by Gasteiger charge is 2.22. The van der Waals surface area contributed by atoms with Crippen molar-refractivity contribution in [2.75, 3.05) is 0 Å². The third-order valence-electron chi connectivity index (χ3n) is 4.68. The lowest BCUT2D eigenvalue weighted by atomic mass is 10.0. The molecule has 0 fully saturated rings. The topological polar surface area (TPSA) is 31.2 Å². The summed E-state index contributed by atoms with van der Waals surface area (Å²) in [5, 5.41) is 1.59. The van der Waals surface area contributed by atoms with Crippen LogP contribution < -0.4 is 4.74 Å². The van der Waals surface area contributed by atoms with Gasteiger partial charge in [0.1, 0.15) is 12.4 Å². The van der Waals surface area contributed by atoms with Gasteiger partial charge >= 0.3 is 0 Å². The Balaban J connectivity index is 1.78. The predicted octanol–water partition coefficient (Wildman–Crippen LogP) is 5.64. The maximum Gasteiger partial charge on any atom is 0.195 e. The number of aryl methyl sites for hydroxylation is 1. The average Bonchev–Trinajstić information content (AvgIpc) is 3.00. The smallest absolute Gasteiger partial charge is 0.195 e. The second-order valence-electron chi connectivity index (χ2n) is 6.34. The van der Waals surface area contributed by atoms with E-state index in [2.05, 4.69) is 0 Å². The van der Waals surface area contributed by atoms with E-state index in [4.69, 9.17) is 16.3 Å². The molecule has 134 valence electrons. The van der Waals surface area contributed by atoms with E-state index in [0.717, 1.165) is 16.6 Å². The van der Waals surface area contributed by atoms with Crippen molar-refractivity contribution in [1.82, 2.24) is 4.57 Å². The number of aromatic nitrogens is 1. The number of rotatable bonds is 5. The van der Waals surface area contributed by atoms with Crippen molar-refractivity contribution in [3.8, 4) is 5.75 Å². The van der Waals surface area contributed by atoms with Crippen LogP contribution in [0.1, 0.15) is 21.6 Å². The van der Waals surface area contributed by atoms with Crippen molar-refractivity contribution in [3.63, 3.8) is 0 Å². The van der Waals surface area contributed by atoms with E-state index < -0.39 is 0 Å². The lowest BCUT2D eigenvalue weighted by Gasteiger charge is -2.10. The molecule has 0 N–H and O–H groups in total. The molecule has 0 amide bonds. The molecule has 0 aliphatic heterocycles. The number of halogens is 1. The van der Waals surface area contributed by atoms with Gasteiger partial charge in [0, 0.05) is 28.5 Å². The number of ketones is 1. The fraction of sp³-hybridized carbons (Fsp3) is 0.0870. The van der Waals surface area contributed by atoms with Gasteiger partial charge in [0.05, 0.1) is 11.3 Å². The zero-order valence-corrected chi connectivity index (χ0v) is 15.6. The van der Waals surface area contributed by atoms with Crippen molar-refractivity contribution in [2.45, 2.75) is 6.61 Å². The Kier molecular flexibility index (Phi) is 4.69. The van der Waals surface area contributed by atoms with Crippen molar-refractivity contribution in [2.24, 2.45) is 7.05 Å². The zero-order chi connectivity index (χ0) is 18.8. The van der Waals surface area contributed by atoms with Crippen LogP contribution >= 0.6 is 11.6 Å². The second-order valence-corrected chi connectivity index (χ2v) is 6.77. The number of benzene rings is 3. The van der Waals surface area contributed by atoms with Crippen LogP contribution in [0.15, 0.2) is 78.9 Å². The number of ether oxygens (including phenoxy) is 1. The molecule has 3 nitrogen and oxygen atoms in total. The predicted molar refractivity (Wildman–Crippen MR) is 109 cm³/mol. The zero-order valence-electron chi connectivity index (χ0n) is 14.9. The maximum absolute atomic E-state index is 13.3. The minimum atomic E-state index is 0.00195. The third kappa shape index (κ3) is 3.34. The van der Waals surface area contributed by atoms with Crippen molar-refractivity contribution in [3.05, 3.63) is 101 Å². The summed E-state index contributed by atoms with van der Waals surface area (Å²) in [4.78, 5) is 13.3. The van der Waals surface area contributed by atoms with Gasteiger partial charge in [0.2, 0.25) is 0 Å². The summed E-state index contributed by atoms with van der Waals surface area (Å²) in [5.41, 5.74) is 3.21. The lowest BCUT2D eigenvalue weighted by molar-refractivity contribution is 0.103. The van der Waals surface area contributed by atoms with Crippen molar-refractivity contribution >= 4 is 28.3 Å². The molecule has 4 rings (SSSR count). The molecule has 3 aromatic carbocycles. The summed E-state index contributed by atoms with van der Waals surface area (Å²) < 4.78 is 7.98. The van der Waals surface area contributed by atoms with E-state index in [0.29, 0.717) is 28.5 Å². The summed E-state index contributed by atoms with van der Waals surface area (Å²) in [6.45, 7) is 0.292. The standard InChI is InChI=1S/C23H18ClNO2/c1-25-20-10-6-5-9-19(20)22(23(26)16-7-3-2-4-8-16)21(25)15-27-18-13-11-17(24)12-14-18/h2-14H,15H2,1H3. The van der Waals surface area contributed by atoms with Gasteiger partial charge in [0.25, 0.3) is 0 Å². The van der Waals surface area contributed by atoms with Crippen LogP contribution in [0.25, 0.3) is 10.9 Å². The molecule has 0 spiro atoms. The van der Waals surface area contributed by atoms with Gasteiger partial charge in [0.15, 0.2) is 5.78 Å². The monoisotopic (exact) mass is 375 g/mol. The van der Waals surface area contributed by atoms with E-state index in [1.807, 2.05) is 78.3 Å². The van der Waals surface area contributed by atoms with Crippen LogP contribution in [-0.4, -0.2) is 10.4 Å². The van der Waals surface area contributed by atoms with Crippen LogP contribution in [-0.2, 0) is 13.7 Å². The van der Waals surface area contributed by atoms with E-state index in [1.54, 1.807) is 12.1 Å². The van der Waals surface area contributed by atoms with Gasteiger partial charge in [-0.15, -0.1) is 0 Å². The minimum absolute atomic E-state index is 0.00195. The van der Waals surface area contributed by atoms with Gasteiger partial charge in [-0.25, -0.2) is 0 Å². The first-order chi connectivity index (χ1) is 13.1. The lowest BCUT2D eigenvalue weighted by Crippen LogP contribution is -2.09. The molecule has 27 heavy (non-hydrogen) atoms. The molecule has 0 radical (unpaired) electrons. The Labute approximate surface area is 162 Å². The van der Waals surface area contributed by atoms with Crippen molar-refractivity contribution < 1.29 is 9.53 Å². The molecule has 0 bridgehead atoms. The normalized spacial score (nSPS) is 10.9.